The molecule has 1 aliphatic rings. The van der Waals surface area contributed by atoms with Crippen LogP contribution in [0.5, 0.6) is 0 Å². The fourth-order valence-electron chi connectivity index (χ4n) is 3.63. The third-order valence-electron chi connectivity index (χ3n) is 4.84. The lowest BCUT2D eigenvalue weighted by Gasteiger charge is -2.32. The number of nitrogens with two attached hydrogens (primary N) is 1. The molecule has 1 fully saturated rings. The summed E-state index contributed by atoms with van der Waals surface area (Å²) in [6.07, 6.45) is 2.32. The number of rotatable bonds is 3. The first kappa shape index (κ1) is 16.4. The molecule has 1 saturated heterocycles. The number of hydrogen-bond donors (Lipinski definition) is 1. The Bertz CT molecular complexity index is 887. The number of nitrogen functional groups attached to an aromatic ring is 1. The van der Waals surface area contributed by atoms with E-state index in [2.05, 4.69) is 22.1 Å². The standard InChI is InChI=1S/C19H22ClN5/c1-13-9-19-22-17(10-18(21)25(19)23-13)15-3-2-8-24(12-15)11-14-4-6-16(20)7-5-14/h4-7,9-10,15H,2-3,8,11-12,21H2,1H3/t15-/m0/s1. The minimum atomic E-state index is 0.406. The van der Waals surface area contributed by atoms with Crippen LogP contribution in [-0.4, -0.2) is 32.6 Å². The molecule has 6 heteroatoms. The maximum absolute atomic E-state index is 6.18. The predicted molar refractivity (Wildman–Crippen MR) is 101 cm³/mol. The Labute approximate surface area is 152 Å². The Balaban J connectivity index is 1.53. The summed E-state index contributed by atoms with van der Waals surface area (Å²) in [6, 6.07) is 12.1. The molecule has 2 N–H and O–H groups in total. The highest BCUT2D eigenvalue weighted by Gasteiger charge is 2.23. The number of piperidine rings is 1. The molecular weight excluding hydrogens is 334 g/mol. The largest absolute Gasteiger partial charge is 0.384 e. The zero-order valence-electron chi connectivity index (χ0n) is 14.3. The summed E-state index contributed by atoms with van der Waals surface area (Å²) in [4.78, 5) is 7.30. The van der Waals surface area contributed by atoms with E-state index in [1.165, 1.54) is 12.0 Å². The van der Waals surface area contributed by atoms with Gasteiger partial charge in [0.25, 0.3) is 0 Å². The van der Waals surface area contributed by atoms with Crippen LogP contribution < -0.4 is 5.73 Å². The number of halogens is 1. The minimum Gasteiger partial charge on any atom is -0.384 e. The van der Waals surface area contributed by atoms with Crippen molar-refractivity contribution < 1.29 is 0 Å². The number of fused-ring (bicyclic) bond motifs is 1. The van der Waals surface area contributed by atoms with Crippen LogP contribution in [0.4, 0.5) is 5.82 Å². The van der Waals surface area contributed by atoms with E-state index < -0.39 is 0 Å². The van der Waals surface area contributed by atoms with Gasteiger partial charge in [0.05, 0.1) is 11.4 Å². The molecule has 25 heavy (non-hydrogen) atoms. The van der Waals surface area contributed by atoms with Crippen LogP contribution in [0.2, 0.25) is 5.02 Å². The molecule has 4 rings (SSSR count). The van der Waals surface area contributed by atoms with E-state index in [0.29, 0.717) is 11.7 Å². The first-order valence-electron chi connectivity index (χ1n) is 8.68. The topological polar surface area (TPSA) is 59.5 Å². The Morgan fingerprint density at radius 2 is 2.04 bits per heavy atom. The quantitative estimate of drug-likeness (QED) is 0.779. The molecule has 0 saturated carbocycles. The maximum atomic E-state index is 6.18. The summed E-state index contributed by atoms with van der Waals surface area (Å²) >= 11 is 5.98. The van der Waals surface area contributed by atoms with Crippen LogP contribution in [0.1, 0.15) is 35.7 Å². The number of anilines is 1. The number of nitrogens with zero attached hydrogens (tertiary/aromatic N) is 4. The molecule has 1 atom stereocenters. The van der Waals surface area contributed by atoms with Gasteiger partial charge >= 0.3 is 0 Å². The lowest BCUT2D eigenvalue weighted by Crippen LogP contribution is -2.34. The molecule has 0 unspecified atom stereocenters. The van der Waals surface area contributed by atoms with E-state index in [-0.39, 0.29) is 0 Å². The molecule has 1 aliphatic heterocycles. The van der Waals surface area contributed by atoms with Gasteiger partial charge < -0.3 is 5.73 Å². The van der Waals surface area contributed by atoms with E-state index in [1.54, 1.807) is 4.52 Å². The average Bonchev–Trinajstić information content (AvgIpc) is 2.98. The van der Waals surface area contributed by atoms with Crippen molar-refractivity contribution in [1.82, 2.24) is 19.5 Å². The normalized spacial score (nSPS) is 18.7. The summed E-state index contributed by atoms with van der Waals surface area (Å²) < 4.78 is 1.72. The highest BCUT2D eigenvalue weighted by Crippen LogP contribution is 2.28. The molecule has 0 radical (unpaired) electrons. The lowest BCUT2D eigenvalue weighted by atomic mass is 9.94. The van der Waals surface area contributed by atoms with Crippen molar-refractivity contribution in [1.29, 1.82) is 0 Å². The summed E-state index contributed by atoms with van der Waals surface area (Å²) in [5, 5.41) is 5.17. The van der Waals surface area contributed by atoms with Crippen LogP contribution in [0.25, 0.3) is 5.65 Å². The van der Waals surface area contributed by atoms with Crippen LogP contribution >= 0.6 is 11.6 Å². The van der Waals surface area contributed by atoms with Gasteiger partial charge in [0.2, 0.25) is 0 Å². The SMILES string of the molecule is Cc1cc2nc([C@H]3CCCN(Cc4ccc(Cl)cc4)C3)cc(N)n2n1. The summed E-state index contributed by atoms with van der Waals surface area (Å²) in [7, 11) is 0. The number of aryl methyl sites for hydroxylation is 1. The predicted octanol–water partition coefficient (Wildman–Crippen LogP) is 3.65. The average molecular weight is 356 g/mol. The molecule has 3 aromatic rings. The van der Waals surface area contributed by atoms with Gasteiger partial charge in [0, 0.05) is 36.2 Å². The number of hydrogen-bond acceptors (Lipinski definition) is 4. The summed E-state index contributed by atoms with van der Waals surface area (Å²) in [5.74, 6) is 1.06. The van der Waals surface area contributed by atoms with Gasteiger partial charge in [-0.25, -0.2) is 4.98 Å². The Hall–Kier alpha value is -2.11. The second-order valence-corrected chi connectivity index (χ2v) is 7.30. The van der Waals surface area contributed by atoms with Crippen molar-refractivity contribution in [3.63, 3.8) is 0 Å². The third-order valence-corrected chi connectivity index (χ3v) is 5.09. The fraction of sp³-hybridized carbons (Fsp3) is 0.368. The van der Waals surface area contributed by atoms with Gasteiger partial charge in [-0.05, 0) is 44.0 Å². The smallest absolute Gasteiger partial charge is 0.157 e. The Morgan fingerprint density at radius 1 is 1.24 bits per heavy atom. The van der Waals surface area contributed by atoms with Crippen molar-refractivity contribution in [3.8, 4) is 0 Å². The van der Waals surface area contributed by atoms with Crippen LogP contribution in [0.15, 0.2) is 36.4 Å². The van der Waals surface area contributed by atoms with Gasteiger partial charge in [-0.15, -0.1) is 0 Å². The van der Waals surface area contributed by atoms with Crippen molar-refractivity contribution in [2.45, 2.75) is 32.2 Å². The molecule has 0 spiro atoms. The molecule has 0 amide bonds. The number of benzene rings is 1. The Kier molecular flexibility index (Phi) is 4.36. The Morgan fingerprint density at radius 3 is 2.84 bits per heavy atom. The molecule has 3 heterocycles. The highest BCUT2D eigenvalue weighted by molar-refractivity contribution is 6.30. The van der Waals surface area contributed by atoms with Crippen molar-refractivity contribution in [3.05, 3.63) is 58.4 Å². The monoisotopic (exact) mass is 355 g/mol. The summed E-state index contributed by atoms with van der Waals surface area (Å²) in [6.45, 7) is 5.01. The van der Waals surface area contributed by atoms with E-state index in [9.17, 15) is 0 Å². The molecule has 2 aromatic heterocycles. The zero-order valence-corrected chi connectivity index (χ0v) is 15.1. The zero-order chi connectivity index (χ0) is 17.4. The minimum absolute atomic E-state index is 0.406. The van der Waals surface area contributed by atoms with Crippen molar-refractivity contribution >= 4 is 23.1 Å². The van der Waals surface area contributed by atoms with Crippen LogP contribution in [0, 0.1) is 6.92 Å². The van der Waals surface area contributed by atoms with Gasteiger partial charge in [0.1, 0.15) is 5.82 Å². The van der Waals surface area contributed by atoms with Gasteiger partial charge in [-0.1, -0.05) is 23.7 Å². The van der Waals surface area contributed by atoms with E-state index >= 15 is 0 Å². The first-order valence-corrected chi connectivity index (χ1v) is 9.06. The third kappa shape index (κ3) is 3.48. The molecular formula is C19H22ClN5. The van der Waals surface area contributed by atoms with Gasteiger partial charge in [-0.2, -0.15) is 9.61 Å². The van der Waals surface area contributed by atoms with Gasteiger partial charge in [0.15, 0.2) is 5.65 Å². The van der Waals surface area contributed by atoms with E-state index in [0.717, 1.165) is 48.1 Å². The van der Waals surface area contributed by atoms with Gasteiger partial charge in [-0.3, -0.25) is 4.90 Å². The molecule has 130 valence electrons. The van der Waals surface area contributed by atoms with E-state index in [1.807, 2.05) is 31.2 Å². The highest BCUT2D eigenvalue weighted by atomic mass is 35.5. The van der Waals surface area contributed by atoms with Crippen molar-refractivity contribution in [2.75, 3.05) is 18.8 Å². The second kappa shape index (κ2) is 6.65. The van der Waals surface area contributed by atoms with Crippen LogP contribution in [-0.2, 0) is 6.54 Å². The lowest BCUT2D eigenvalue weighted by molar-refractivity contribution is 0.198. The molecule has 0 bridgehead atoms. The van der Waals surface area contributed by atoms with E-state index in [4.69, 9.17) is 22.3 Å². The number of likely N-dealkylation sites (tertiary alicyclic amines) is 1. The first-order chi connectivity index (χ1) is 12.1. The fourth-order valence-corrected chi connectivity index (χ4v) is 3.76. The molecule has 0 aliphatic carbocycles. The molecule has 1 aromatic carbocycles. The summed E-state index contributed by atoms with van der Waals surface area (Å²) in [5.41, 5.74) is 10.3. The number of aromatic nitrogens is 3. The molecule has 5 nitrogen and oxygen atoms in total. The van der Waals surface area contributed by atoms with Crippen LogP contribution in [0.3, 0.4) is 0 Å². The second-order valence-electron chi connectivity index (χ2n) is 6.86. The maximum Gasteiger partial charge on any atom is 0.157 e. The van der Waals surface area contributed by atoms with Crippen molar-refractivity contribution in [2.24, 2.45) is 0 Å².